The third-order valence-corrected chi connectivity index (χ3v) is 6.10. The predicted octanol–water partition coefficient (Wildman–Crippen LogP) is 5.11. The monoisotopic (exact) mass is 487 g/mol. The number of thiocarbonyl (C=S) groups is 1. The van der Waals surface area contributed by atoms with Crippen LogP contribution in [0.25, 0.3) is 22.1 Å². The van der Waals surface area contributed by atoms with Gasteiger partial charge in [0.05, 0.1) is 25.9 Å². The molecule has 3 aromatic carbocycles. The number of nitrogens with zero attached hydrogens (tertiary/aromatic N) is 1. The largest absolute Gasteiger partial charge is 0.496 e. The highest BCUT2D eigenvalue weighted by Crippen LogP contribution is 2.32. The molecule has 8 heteroatoms. The smallest absolute Gasteiger partial charge is 0.344 e. The maximum absolute atomic E-state index is 12.6. The van der Waals surface area contributed by atoms with Crippen LogP contribution >= 0.6 is 12.2 Å². The van der Waals surface area contributed by atoms with Gasteiger partial charge in [0.15, 0.2) is 5.11 Å². The van der Waals surface area contributed by atoms with Crippen LogP contribution < -0.4 is 25.9 Å². The van der Waals surface area contributed by atoms with Gasteiger partial charge in [-0.15, -0.1) is 0 Å². The summed E-state index contributed by atoms with van der Waals surface area (Å²) >= 11 is 5.50. The summed E-state index contributed by atoms with van der Waals surface area (Å²) in [5.41, 5.74) is 4.00. The van der Waals surface area contributed by atoms with Crippen molar-refractivity contribution in [1.29, 1.82) is 0 Å². The van der Waals surface area contributed by atoms with Crippen LogP contribution in [0.2, 0.25) is 0 Å². The maximum atomic E-state index is 12.6. The number of anilines is 3. The molecule has 0 radical (unpaired) electrons. The summed E-state index contributed by atoms with van der Waals surface area (Å²) in [5.74, 6) is 0.537. The van der Waals surface area contributed by atoms with Gasteiger partial charge in [-0.3, -0.25) is 0 Å². The number of nitrogens with one attached hydrogen (secondary N) is 2. The van der Waals surface area contributed by atoms with Crippen molar-refractivity contribution < 1.29 is 13.9 Å². The van der Waals surface area contributed by atoms with E-state index >= 15 is 0 Å². The van der Waals surface area contributed by atoms with Gasteiger partial charge in [0, 0.05) is 47.2 Å². The van der Waals surface area contributed by atoms with Crippen LogP contribution in [0, 0.1) is 0 Å². The van der Waals surface area contributed by atoms with Crippen LogP contribution in [0.4, 0.5) is 17.1 Å². The Labute approximate surface area is 208 Å². The Bertz CT molecular complexity index is 1410. The van der Waals surface area contributed by atoms with E-state index in [1.54, 1.807) is 19.2 Å². The highest BCUT2D eigenvalue weighted by atomic mass is 32.1. The molecule has 2 N–H and O–H groups in total. The number of para-hydroxylation sites is 1. The highest BCUT2D eigenvalue weighted by molar-refractivity contribution is 7.80. The quantitative estimate of drug-likeness (QED) is 0.297. The molecule has 0 aliphatic carbocycles. The van der Waals surface area contributed by atoms with Gasteiger partial charge >= 0.3 is 5.63 Å². The molecule has 0 spiro atoms. The standard InChI is InChI=1S/C27H25N3O4S/c1-32-25-17-20(8-11-22(25)23-16-18-4-2-3-5-24(18)34-26(23)31)29-27(35)28-19-6-9-21(10-7-19)30-12-14-33-15-13-30/h2-11,16-17H,12-15H2,1H3,(H2,28,29,35). The first-order valence-electron chi connectivity index (χ1n) is 11.3. The molecule has 2 heterocycles. The number of benzene rings is 3. The van der Waals surface area contributed by atoms with Gasteiger partial charge in [-0.2, -0.15) is 0 Å². The van der Waals surface area contributed by atoms with Crippen molar-refractivity contribution in [3.8, 4) is 16.9 Å². The van der Waals surface area contributed by atoms with Crippen molar-refractivity contribution >= 4 is 45.4 Å². The topological polar surface area (TPSA) is 76.0 Å². The fourth-order valence-corrected chi connectivity index (χ4v) is 4.35. The third-order valence-electron chi connectivity index (χ3n) is 5.89. The Morgan fingerprint density at radius 3 is 2.40 bits per heavy atom. The number of morpholine rings is 1. The zero-order chi connectivity index (χ0) is 24.2. The Hall–Kier alpha value is -3.88. The van der Waals surface area contributed by atoms with E-state index in [1.807, 2.05) is 48.5 Å². The Kier molecular flexibility index (Phi) is 6.65. The second kappa shape index (κ2) is 10.2. The molecule has 0 amide bonds. The molecule has 0 saturated carbocycles. The summed E-state index contributed by atoms with van der Waals surface area (Å²) < 4.78 is 16.5. The van der Waals surface area contributed by atoms with Crippen molar-refractivity contribution in [2.75, 3.05) is 48.9 Å². The van der Waals surface area contributed by atoms with Gasteiger partial charge < -0.3 is 29.4 Å². The first-order chi connectivity index (χ1) is 17.1. The zero-order valence-electron chi connectivity index (χ0n) is 19.2. The lowest BCUT2D eigenvalue weighted by atomic mass is 10.0. The number of rotatable bonds is 5. The minimum atomic E-state index is -0.416. The van der Waals surface area contributed by atoms with Crippen LogP contribution in [0.3, 0.4) is 0 Å². The minimum absolute atomic E-state index is 0.416. The summed E-state index contributed by atoms with van der Waals surface area (Å²) in [5, 5.41) is 7.67. The van der Waals surface area contributed by atoms with Crippen LogP contribution in [0.1, 0.15) is 0 Å². The van der Waals surface area contributed by atoms with Crippen LogP contribution in [-0.4, -0.2) is 38.5 Å². The SMILES string of the molecule is COc1cc(NC(=S)Nc2ccc(N3CCOCC3)cc2)ccc1-c1cc2ccccc2oc1=O. The lowest BCUT2D eigenvalue weighted by Gasteiger charge is -2.29. The van der Waals surface area contributed by atoms with Gasteiger partial charge in [-0.25, -0.2) is 4.79 Å². The predicted molar refractivity (Wildman–Crippen MR) is 144 cm³/mol. The average Bonchev–Trinajstić information content (AvgIpc) is 2.89. The van der Waals surface area contributed by atoms with E-state index in [0.29, 0.717) is 27.6 Å². The Morgan fingerprint density at radius 2 is 1.63 bits per heavy atom. The molecule has 1 fully saturated rings. The molecule has 1 saturated heterocycles. The number of hydrogen-bond donors (Lipinski definition) is 2. The molecule has 0 unspecified atom stereocenters. The van der Waals surface area contributed by atoms with E-state index in [1.165, 1.54) is 0 Å². The van der Waals surface area contributed by atoms with Gasteiger partial charge in [0.25, 0.3) is 0 Å². The molecular weight excluding hydrogens is 462 g/mol. The highest BCUT2D eigenvalue weighted by Gasteiger charge is 2.14. The van der Waals surface area contributed by atoms with Gasteiger partial charge in [0.1, 0.15) is 11.3 Å². The lowest BCUT2D eigenvalue weighted by Crippen LogP contribution is -2.36. The molecular formula is C27H25N3O4S. The molecule has 1 aromatic heterocycles. The maximum Gasteiger partial charge on any atom is 0.344 e. The summed E-state index contributed by atoms with van der Waals surface area (Å²) in [7, 11) is 1.57. The molecule has 178 valence electrons. The fourth-order valence-electron chi connectivity index (χ4n) is 4.11. The number of methoxy groups -OCH3 is 1. The number of hydrogen-bond acceptors (Lipinski definition) is 6. The molecule has 7 nitrogen and oxygen atoms in total. The van der Waals surface area contributed by atoms with Gasteiger partial charge in [-0.1, -0.05) is 18.2 Å². The van der Waals surface area contributed by atoms with Gasteiger partial charge in [-0.05, 0) is 60.7 Å². The number of ether oxygens (including phenoxy) is 2. The molecule has 0 bridgehead atoms. The molecule has 1 aliphatic rings. The molecule has 4 aromatic rings. The lowest BCUT2D eigenvalue weighted by molar-refractivity contribution is 0.122. The van der Waals surface area contributed by atoms with Crippen molar-refractivity contribution in [3.05, 3.63) is 83.2 Å². The second-order valence-corrected chi connectivity index (χ2v) is 8.53. The van der Waals surface area contributed by atoms with E-state index in [-0.39, 0.29) is 0 Å². The van der Waals surface area contributed by atoms with E-state index in [0.717, 1.165) is 48.8 Å². The Balaban J connectivity index is 1.30. The first kappa shape index (κ1) is 22.9. The summed E-state index contributed by atoms with van der Waals surface area (Å²) in [6, 6.07) is 22.9. The van der Waals surface area contributed by atoms with E-state index in [4.69, 9.17) is 26.1 Å². The molecule has 35 heavy (non-hydrogen) atoms. The van der Waals surface area contributed by atoms with Gasteiger partial charge in [0.2, 0.25) is 0 Å². The van der Waals surface area contributed by atoms with E-state index in [9.17, 15) is 4.79 Å². The first-order valence-corrected chi connectivity index (χ1v) is 11.7. The minimum Gasteiger partial charge on any atom is -0.496 e. The normalized spacial score (nSPS) is 13.5. The molecule has 0 atom stereocenters. The van der Waals surface area contributed by atoms with Crippen molar-refractivity contribution in [2.45, 2.75) is 0 Å². The average molecular weight is 488 g/mol. The summed E-state index contributed by atoms with van der Waals surface area (Å²) in [4.78, 5) is 14.9. The van der Waals surface area contributed by atoms with Crippen molar-refractivity contribution in [3.63, 3.8) is 0 Å². The summed E-state index contributed by atoms with van der Waals surface area (Å²) in [6.07, 6.45) is 0. The molecule has 5 rings (SSSR count). The Morgan fingerprint density at radius 1 is 0.914 bits per heavy atom. The molecule has 1 aliphatic heterocycles. The fraction of sp³-hybridized carbons (Fsp3) is 0.185. The van der Waals surface area contributed by atoms with E-state index in [2.05, 4.69) is 27.7 Å². The van der Waals surface area contributed by atoms with Crippen molar-refractivity contribution in [2.24, 2.45) is 0 Å². The third kappa shape index (κ3) is 5.13. The van der Waals surface area contributed by atoms with Crippen molar-refractivity contribution in [1.82, 2.24) is 0 Å². The van der Waals surface area contributed by atoms with Crippen LogP contribution in [0.15, 0.2) is 82.0 Å². The number of fused-ring (bicyclic) bond motifs is 1. The van der Waals surface area contributed by atoms with Crippen LogP contribution in [-0.2, 0) is 4.74 Å². The second-order valence-electron chi connectivity index (χ2n) is 8.13. The van der Waals surface area contributed by atoms with Crippen LogP contribution in [0.5, 0.6) is 5.75 Å². The van der Waals surface area contributed by atoms with E-state index < -0.39 is 5.63 Å². The zero-order valence-corrected chi connectivity index (χ0v) is 20.1. The summed E-state index contributed by atoms with van der Waals surface area (Å²) in [6.45, 7) is 3.29.